The van der Waals surface area contributed by atoms with E-state index < -0.39 is 0 Å². The van der Waals surface area contributed by atoms with Crippen LogP contribution >= 0.6 is 0 Å². The van der Waals surface area contributed by atoms with E-state index in [1.54, 1.807) is 0 Å². The molecule has 2 rings (SSSR count). The van der Waals surface area contributed by atoms with Crippen molar-refractivity contribution in [2.75, 3.05) is 11.9 Å². The third-order valence-electron chi connectivity index (χ3n) is 3.77. The lowest BCUT2D eigenvalue weighted by atomic mass is 10.1. The zero-order valence-corrected chi connectivity index (χ0v) is 11.6. The molecule has 2 atom stereocenters. The van der Waals surface area contributed by atoms with Crippen LogP contribution in [0.5, 0.6) is 0 Å². The molecule has 0 aromatic heterocycles. The first-order valence-corrected chi connectivity index (χ1v) is 6.86. The van der Waals surface area contributed by atoms with Crippen molar-refractivity contribution in [3.8, 4) is 0 Å². The van der Waals surface area contributed by atoms with Crippen LogP contribution in [-0.2, 0) is 0 Å². The van der Waals surface area contributed by atoms with Crippen LogP contribution in [0, 0.1) is 19.8 Å². The van der Waals surface area contributed by atoms with Gasteiger partial charge in [-0.3, -0.25) is 0 Å². The van der Waals surface area contributed by atoms with Crippen LogP contribution in [0.4, 0.5) is 10.5 Å². The second kappa shape index (κ2) is 6.06. The topological polar surface area (TPSA) is 61.4 Å². The lowest BCUT2D eigenvalue weighted by Crippen LogP contribution is -2.35. The molecule has 104 valence electrons. The van der Waals surface area contributed by atoms with Crippen LogP contribution < -0.4 is 10.6 Å². The van der Waals surface area contributed by atoms with Gasteiger partial charge in [-0.1, -0.05) is 24.1 Å². The van der Waals surface area contributed by atoms with Gasteiger partial charge in [-0.05, 0) is 38.3 Å². The predicted molar refractivity (Wildman–Crippen MR) is 76.3 cm³/mol. The molecular formula is C15H22N2O2. The molecule has 1 saturated carbocycles. The minimum atomic E-state index is -0.263. The Morgan fingerprint density at radius 3 is 2.79 bits per heavy atom. The van der Waals surface area contributed by atoms with Crippen LogP contribution in [0.1, 0.15) is 30.4 Å². The van der Waals surface area contributed by atoms with Crippen molar-refractivity contribution in [2.45, 2.75) is 39.2 Å². The molecule has 1 aromatic rings. The van der Waals surface area contributed by atoms with Crippen molar-refractivity contribution in [1.29, 1.82) is 0 Å². The lowest BCUT2D eigenvalue weighted by Gasteiger charge is -2.16. The maximum Gasteiger partial charge on any atom is 0.319 e. The summed E-state index contributed by atoms with van der Waals surface area (Å²) in [4.78, 5) is 11.8. The minimum absolute atomic E-state index is 0.199. The highest BCUT2D eigenvalue weighted by molar-refractivity contribution is 5.90. The summed E-state index contributed by atoms with van der Waals surface area (Å²) in [5.41, 5.74) is 3.06. The second-order valence-corrected chi connectivity index (χ2v) is 5.41. The summed E-state index contributed by atoms with van der Waals surface area (Å²) in [5, 5.41) is 15.4. The Morgan fingerprint density at radius 2 is 2.16 bits per heavy atom. The SMILES string of the molecule is Cc1ccc(NC(=O)NC[C@@H]2CCC[C@H]2O)c(C)c1. The van der Waals surface area contributed by atoms with Gasteiger partial charge in [-0.25, -0.2) is 4.79 Å². The fourth-order valence-electron chi connectivity index (χ4n) is 2.60. The molecule has 2 amide bonds. The Morgan fingerprint density at radius 1 is 1.37 bits per heavy atom. The van der Waals surface area contributed by atoms with E-state index in [4.69, 9.17) is 0 Å². The molecule has 4 heteroatoms. The van der Waals surface area contributed by atoms with Crippen LogP contribution in [0.2, 0.25) is 0 Å². The normalized spacial score (nSPS) is 22.3. The number of urea groups is 1. The summed E-state index contributed by atoms with van der Waals surface area (Å²) in [5.74, 6) is 0.199. The number of rotatable bonds is 3. The Bertz CT molecular complexity index is 459. The molecule has 0 saturated heterocycles. The van der Waals surface area contributed by atoms with Gasteiger partial charge in [-0.2, -0.15) is 0 Å². The Kier molecular flexibility index (Phi) is 4.43. The van der Waals surface area contributed by atoms with Crippen LogP contribution in [-0.4, -0.2) is 23.8 Å². The first-order chi connectivity index (χ1) is 9.06. The number of nitrogens with one attached hydrogen (secondary N) is 2. The maximum absolute atomic E-state index is 11.8. The molecule has 1 aliphatic rings. The molecule has 4 nitrogen and oxygen atoms in total. The fraction of sp³-hybridized carbons (Fsp3) is 0.533. The van der Waals surface area contributed by atoms with Gasteiger partial charge in [-0.15, -0.1) is 0 Å². The predicted octanol–water partition coefficient (Wildman–Crippen LogP) is 2.59. The van der Waals surface area contributed by atoms with E-state index in [1.807, 2.05) is 32.0 Å². The van der Waals surface area contributed by atoms with Gasteiger partial charge in [0.15, 0.2) is 0 Å². The highest BCUT2D eigenvalue weighted by atomic mass is 16.3. The number of aliphatic hydroxyl groups is 1. The summed E-state index contributed by atoms with van der Waals surface area (Å²) in [6.45, 7) is 4.54. The van der Waals surface area contributed by atoms with Crippen molar-refractivity contribution in [2.24, 2.45) is 5.92 Å². The van der Waals surface area contributed by atoms with Gasteiger partial charge in [0, 0.05) is 18.2 Å². The van der Waals surface area contributed by atoms with Gasteiger partial charge in [0.1, 0.15) is 0 Å². The molecule has 0 unspecified atom stereocenters. The summed E-state index contributed by atoms with van der Waals surface area (Å²) < 4.78 is 0. The van der Waals surface area contributed by atoms with Crippen LogP contribution in [0.3, 0.4) is 0 Å². The number of anilines is 1. The smallest absolute Gasteiger partial charge is 0.319 e. The van der Waals surface area contributed by atoms with E-state index in [0.717, 1.165) is 30.5 Å². The van der Waals surface area contributed by atoms with E-state index >= 15 is 0 Å². The number of aliphatic hydroxyl groups excluding tert-OH is 1. The Labute approximate surface area is 114 Å². The van der Waals surface area contributed by atoms with Crippen molar-refractivity contribution >= 4 is 11.7 Å². The molecule has 3 N–H and O–H groups in total. The first kappa shape index (κ1) is 13.9. The van der Waals surface area contributed by atoms with Gasteiger partial charge < -0.3 is 15.7 Å². The number of hydrogen-bond acceptors (Lipinski definition) is 2. The summed E-state index contributed by atoms with van der Waals surface area (Å²) in [6, 6.07) is 5.72. The molecular weight excluding hydrogens is 240 g/mol. The van der Waals surface area contributed by atoms with E-state index in [1.165, 1.54) is 5.56 Å². The minimum Gasteiger partial charge on any atom is -0.393 e. The molecule has 0 radical (unpaired) electrons. The third kappa shape index (κ3) is 3.70. The number of carbonyl (C=O) groups excluding carboxylic acids is 1. The van der Waals surface area contributed by atoms with E-state index in [2.05, 4.69) is 10.6 Å². The van der Waals surface area contributed by atoms with Crippen LogP contribution in [0.15, 0.2) is 18.2 Å². The zero-order chi connectivity index (χ0) is 13.8. The van der Waals surface area contributed by atoms with Gasteiger partial charge in [0.25, 0.3) is 0 Å². The second-order valence-electron chi connectivity index (χ2n) is 5.41. The number of aryl methyl sites for hydroxylation is 2. The highest BCUT2D eigenvalue weighted by Gasteiger charge is 2.25. The number of carbonyl (C=O) groups is 1. The quantitative estimate of drug-likeness (QED) is 0.784. The molecule has 1 aliphatic carbocycles. The van der Waals surface area contributed by atoms with Crippen LogP contribution in [0.25, 0.3) is 0 Å². The average molecular weight is 262 g/mol. The molecule has 19 heavy (non-hydrogen) atoms. The van der Waals surface area contributed by atoms with Gasteiger partial charge in [0.05, 0.1) is 6.10 Å². The standard InChI is InChI=1S/C15H22N2O2/c1-10-6-7-13(11(2)8-10)17-15(19)16-9-12-4-3-5-14(12)18/h6-8,12,14,18H,3-5,9H2,1-2H3,(H2,16,17,19)/t12-,14+/m0/s1. The summed E-state index contributed by atoms with van der Waals surface area (Å²) in [7, 11) is 0. The molecule has 0 aliphatic heterocycles. The summed E-state index contributed by atoms with van der Waals surface area (Å²) in [6.07, 6.45) is 2.63. The Hall–Kier alpha value is -1.55. The Balaban J connectivity index is 1.84. The maximum atomic E-state index is 11.8. The largest absolute Gasteiger partial charge is 0.393 e. The van der Waals surface area contributed by atoms with E-state index in [-0.39, 0.29) is 18.1 Å². The monoisotopic (exact) mass is 262 g/mol. The van der Waals surface area contributed by atoms with Crippen molar-refractivity contribution in [1.82, 2.24) is 5.32 Å². The van der Waals surface area contributed by atoms with Crippen molar-refractivity contribution < 1.29 is 9.90 Å². The highest BCUT2D eigenvalue weighted by Crippen LogP contribution is 2.24. The number of benzene rings is 1. The number of hydrogen-bond donors (Lipinski definition) is 3. The molecule has 0 heterocycles. The third-order valence-corrected chi connectivity index (χ3v) is 3.77. The van der Waals surface area contributed by atoms with Gasteiger partial charge >= 0.3 is 6.03 Å². The zero-order valence-electron chi connectivity index (χ0n) is 11.6. The average Bonchev–Trinajstić information content (AvgIpc) is 2.76. The molecule has 1 aromatic carbocycles. The molecule has 0 spiro atoms. The van der Waals surface area contributed by atoms with Crippen molar-refractivity contribution in [3.63, 3.8) is 0 Å². The van der Waals surface area contributed by atoms with E-state index in [9.17, 15) is 9.90 Å². The fourth-order valence-corrected chi connectivity index (χ4v) is 2.60. The molecule has 0 bridgehead atoms. The molecule has 1 fully saturated rings. The van der Waals surface area contributed by atoms with E-state index in [0.29, 0.717) is 6.54 Å². The summed E-state index contributed by atoms with van der Waals surface area (Å²) >= 11 is 0. The van der Waals surface area contributed by atoms with Crippen molar-refractivity contribution in [3.05, 3.63) is 29.3 Å². The lowest BCUT2D eigenvalue weighted by molar-refractivity contribution is 0.133. The van der Waals surface area contributed by atoms with Gasteiger partial charge in [0.2, 0.25) is 0 Å². The first-order valence-electron chi connectivity index (χ1n) is 6.86. The number of amides is 2.